The van der Waals surface area contributed by atoms with Crippen LogP contribution in [0.25, 0.3) is 0 Å². The number of aliphatic hydroxyl groups excluding tert-OH is 1. The Bertz CT molecular complexity index is 475. The maximum Gasteiger partial charge on any atom is 0.227 e. The number of hydrogen-bond acceptors (Lipinski definition) is 3. The average molecular weight is 260 g/mol. The molecule has 2 unspecified atom stereocenters. The van der Waals surface area contributed by atoms with E-state index in [1.54, 1.807) is 0 Å². The highest BCUT2D eigenvalue weighted by atomic mass is 16.3. The first-order valence-corrected chi connectivity index (χ1v) is 7.02. The molecule has 0 bridgehead atoms. The lowest BCUT2D eigenvalue weighted by Crippen LogP contribution is -2.47. The normalized spacial score (nSPS) is 26.5. The van der Waals surface area contributed by atoms with Crippen LogP contribution in [0, 0.1) is 5.92 Å². The van der Waals surface area contributed by atoms with Crippen molar-refractivity contribution in [2.45, 2.75) is 25.4 Å². The van der Waals surface area contributed by atoms with E-state index in [4.69, 9.17) is 0 Å². The number of likely N-dealkylation sites (tertiary alicyclic amines) is 1. The number of nitrogens with one attached hydrogen (secondary N) is 1. The molecule has 4 heteroatoms. The molecule has 2 N–H and O–H groups in total. The number of piperidine rings is 1. The maximum atomic E-state index is 12.5. The van der Waals surface area contributed by atoms with E-state index < -0.39 is 0 Å². The fourth-order valence-electron chi connectivity index (χ4n) is 3.03. The number of benzene rings is 1. The van der Waals surface area contributed by atoms with E-state index in [-0.39, 0.29) is 17.9 Å². The van der Waals surface area contributed by atoms with Gasteiger partial charge in [-0.25, -0.2) is 0 Å². The van der Waals surface area contributed by atoms with Crippen LogP contribution in [0.1, 0.15) is 18.4 Å². The van der Waals surface area contributed by atoms with Crippen molar-refractivity contribution in [3.8, 4) is 0 Å². The van der Waals surface area contributed by atoms with Crippen LogP contribution < -0.4 is 5.32 Å². The van der Waals surface area contributed by atoms with Crippen molar-refractivity contribution in [3.63, 3.8) is 0 Å². The smallest absolute Gasteiger partial charge is 0.227 e. The predicted octanol–water partition coefficient (Wildman–Crippen LogP) is 1.25. The van der Waals surface area contributed by atoms with Gasteiger partial charge in [-0.15, -0.1) is 0 Å². The Hall–Kier alpha value is -1.55. The van der Waals surface area contributed by atoms with Crippen LogP contribution in [-0.2, 0) is 11.2 Å². The molecule has 0 aromatic heterocycles. The molecule has 0 saturated carbocycles. The number of amides is 1. The summed E-state index contributed by atoms with van der Waals surface area (Å²) in [5, 5.41) is 13.0. The molecular weight excluding hydrogens is 240 g/mol. The van der Waals surface area contributed by atoms with Crippen LogP contribution in [0.4, 0.5) is 5.69 Å². The molecule has 0 radical (unpaired) electrons. The second-order valence-corrected chi connectivity index (χ2v) is 5.52. The van der Waals surface area contributed by atoms with Crippen molar-refractivity contribution in [3.05, 3.63) is 29.8 Å². The number of para-hydroxylation sites is 1. The Balaban J connectivity index is 1.69. The minimum atomic E-state index is -0.346. The van der Waals surface area contributed by atoms with E-state index in [9.17, 15) is 9.90 Å². The van der Waals surface area contributed by atoms with Gasteiger partial charge in [0.15, 0.2) is 0 Å². The summed E-state index contributed by atoms with van der Waals surface area (Å²) in [5.74, 6) is 0.181. The van der Waals surface area contributed by atoms with Crippen LogP contribution in [0.3, 0.4) is 0 Å². The molecule has 3 rings (SSSR count). The highest BCUT2D eigenvalue weighted by Gasteiger charge is 2.30. The molecule has 0 aliphatic carbocycles. The van der Waals surface area contributed by atoms with Gasteiger partial charge in [0.25, 0.3) is 0 Å². The third kappa shape index (κ3) is 2.59. The first kappa shape index (κ1) is 12.5. The van der Waals surface area contributed by atoms with Gasteiger partial charge < -0.3 is 15.3 Å². The van der Waals surface area contributed by atoms with Gasteiger partial charge in [0.2, 0.25) is 5.91 Å². The number of fused-ring (bicyclic) bond motifs is 1. The summed E-state index contributed by atoms with van der Waals surface area (Å²) in [6.07, 6.45) is 2.18. The zero-order chi connectivity index (χ0) is 13.2. The average Bonchev–Trinajstić information content (AvgIpc) is 2.46. The Morgan fingerprint density at radius 2 is 2.21 bits per heavy atom. The third-order valence-corrected chi connectivity index (χ3v) is 4.08. The van der Waals surface area contributed by atoms with Gasteiger partial charge in [-0.1, -0.05) is 18.2 Å². The summed E-state index contributed by atoms with van der Waals surface area (Å²) >= 11 is 0. The minimum absolute atomic E-state index is 0.000185. The number of anilines is 1. The fraction of sp³-hybridized carbons (Fsp3) is 0.533. The van der Waals surface area contributed by atoms with E-state index in [0.717, 1.165) is 31.5 Å². The summed E-state index contributed by atoms with van der Waals surface area (Å²) in [4.78, 5) is 14.3. The topological polar surface area (TPSA) is 52.6 Å². The Labute approximate surface area is 113 Å². The first-order chi connectivity index (χ1) is 9.24. The summed E-state index contributed by atoms with van der Waals surface area (Å²) in [7, 11) is 0. The van der Waals surface area contributed by atoms with Crippen molar-refractivity contribution in [1.29, 1.82) is 0 Å². The van der Waals surface area contributed by atoms with E-state index >= 15 is 0 Å². The Morgan fingerprint density at radius 1 is 1.37 bits per heavy atom. The molecule has 1 aromatic rings. The fourth-order valence-corrected chi connectivity index (χ4v) is 3.03. The van der Waals surface area contributed by atoms with Gasteiger partial charge in [0.1, 0.15) is 0 Å². The number of rotatable bonds is 1. The second-order valence-electron chi connectivity index (χ2n) is 5.52. The summed E-state index contributed by atoms with van der Waals surface area (Å²) < 4.78 is 0. The van der Waals surface area contributed by atoms with Gasteiger partial charge in [-0.05, 0) is 30.9 Å². The van der Waals surface area contributed by atoms with Crippen molar-refractivity contribution >= 4 is 11.6 Å². The van der Waals surface area contributed by atoms with Crippen LogP contribution in [0.5, 0.6) is 0 Å². The molecule has 2 aliphatic heterocycles. The zero-order valence-corrected chi connectivity index (χ0v) is 11.0. The van der Waals surface area contributed by atoms with Gasteiger partial charge in [-0.2, -0.15) is 0 Å². The second kappa shape index (κ2) is 5.21. The van der Waals surface area contributed by atoms with Gasteiger partial charge in [0, 0.05) is 25.3 Å². The van der Waals surface area contributed by atoms with Crippen molar-refractivity contribution in [2.24, 2.45) is 5.92 Å². The van der Waals surface area contributed by atoms with Crippen molar-refractivity contribution < 1.29 is 9.90 Å². The number of carbonyl (C=O) groups is 1. The number of hydrogen-bond donors (Lipinski definition) is 2. The van der Waals surface area contributed by atoms with Crippen LogP contribution in [0.2, 0.25) is 0 Å². The largest absolute Gasteiger partial charge is 0.391 e. The molecule has 0 spiro atoms. The number of nitrogens with zero attached hydrogens (tertiary/aromatic N) is 1. The lowest BCUT2D eigenvalue weighted by Gasteiger charge is -2.34. The summed E-state index contributed by atoms with van der Waals surface area (Å²) in [6.45, 7) is 1.98. The summed E-state index contributed by atoms with van der Waals surface area (Å²) in [5.41, 5.74) is 2.36. The molecule has 1 amide bonds. The van der Waals surface area contributed by atoms with Gasteiger partial charge >= 0.3 is 0 Å². The lowest BCUT2D eigenvalue weighted by molar-refractivity contribution is -0.138. The van der Waals surface area contributed by atoms with Crippen LogP contribution in [0.15, 0.2) is 24.3 Å². The molecule has 4 nitrogen and oxygen atoms in total. The maximum absolute atomic E-state index is 12.5. The molecule has 1 fully saturated rings. The SMILES string of the molecule is O=C(C1CNc2ccccc2C1)N1CCCC(O)C1. The van der Waals surface area contributed by atoms with Crippen LogP contribution in [-0.4, -0.2) is 41.7 Å². The highest BCUT2D eigenvalue weighted by molar-refractivity contribution is 5.81. The molecule has 1 saturated heterocycles. The van der Waals surface area contributed by atoms with E-state index in [0.29, 0.717) is 13.1 Å². The molecular formula is C15H20N2O2. The monoisotopic (exact) mass is 260 g/mol. The van der Waals surface area contributed by atoms with Crippen molar-refractivity contribution in [2.75, 3.05) is 25.0 Å². The lowest BCUT2D eigenvalue weighted by atomic mass is 9.92. The van der Waals surface area contributed by atoms with Gasteiger partial charge in [-0.3, -0.25) is 4.79 Å². The van der Waals surface area contributed by atoms with Gasteiger partial charge in [0.05, 0.1) is 12.0 Å². The Morgan fingerprint density at radius 3 is 3.05 bits per heavy atom. The third-order valence-electron chi connectivity index (χ3n) is 4.08. The highest BCUT2D eigenvalue weighted by Crippen LogP contribution is 2.26. The minimum Gasteiger partial charge on any atom is -0.391 e. The molecule has 1 aromatic carbocycles. The van der Waals surface area contributed by atoms with E-state index in [1.165, 1.54) is 5.56 Å². The van der Waals surface area contributed by atoms with Crippen LogP contribution >= 0.6 is 0 Å². The number of β-amino-alcohol motifs (C(OH)–C–C–N with tert-alkyl or cyclic N) is 1. The standard InChI is InChI=1S/C15H20N2O2/c18-13-5-3-7-17(10-13)15(19)12-8-11-4-1-2-6-14(11)16-9-12/h1-2,4,6,12-13,16,18H,3,5,7-10H2. The van der Waals surface area contributed by atoms with Crippen molar-refractivity contribution in [1.82, 2.24) is 4.90 Å². The predicted molar refractivity (Wildman–Crippen MR) is 73.9 cm³/mol. The summed E-state index contributed by atoms with van der Waals surface area (Å²) in [6, 6.07) is 8.15. The number of aliphatic hydroxyl groups is 1. The molecule has 2 heterocycles. The molecule has 2 atom stereocenters. The molecule has 19 heavy (non-hydrogen) atoms. The zero-order valence-electron chi connectivity index (χ0n) is 11.0. The molecule has 2 aliphatic rings. The Kier molecular flexibility index (Phi) is 3.42. The quantitative estimate of drug-likeness (QED) is 0.799. The van der Waals surface area contributed by atoms with E-state index in [1.807, 2.05) is 17.0 Å². The molecule has 102 valence electrons. The van der Waals surface area contributed by atoms with E-state index in [2.05, 4.69) is 17.4 Å². The first-order valence-electron chi connectivity index (χ1n) is 7.02. The number of carbonyl (C=O) groups excluding carboxylic acids is 1.